The lowest BCUT2D eigenvalue weighted by Crippen LogP contribution is -3.03. The molecular formula is C4H9IN6. The second kappa shape index (κ2) is 4.37. The van der Waals surface area contributed by atoms with Gasteiger partial charge in [-0.05, 0) is 10.6 Å². The standard InChI is InChI=1S/C4H8N6.HI/c1-9-3-10(2)7-4(9)6-8-5;/h3H2,1-2H3;1H. The van der Waals surface area contributed by atoms with Crippen molar-refractivity contribution in [2.24, 2.45) is 10.2 Å². The molecule has 0 aromatic carbocycles. The van der Waals surface area contributed by atoms with Crippen molar-refractivity contribution in [3.05, 3.63) is 10.4 Å². The van der Waals surface area contributed by atoms with E-state index in [1.165, 1.54) is 0 Å². The topological polar surface area (TPSA) is 68.8 Å². The fourth-order valence-corrected chi connectivity index (χ4v) is 0.844. The summed E-state index contributed by atoms with van der Waals surface area (Å²) in [5, 5.41) is 8.37. The minimum Gasteiger partial charge on any atom is -1.00 e. The molecule has 1 atom stereocenters. The van der Waals surface area contributed by atoms with Crippen molar-refractivity contribution in [2.45, 2.75) is 0 Å². The number of nitrogens with one attached hydrogen (secondary N) is 1. The van der Waals surface area contributed by atoms with Gasteiger partial charge < -0.3 is 28.9 Å². The highest BCUT2D eigenvalue weighted by molar-refractivity contribution is 5.80. The fraction of sp³-hybridized carbons (Fsp3) is 0.750. The van der Waals surface area contributed by atoms with Gasteiger partial charge in [-0.1, -0.05) is 5.10 Å². The molecule has 0 fully saturated rings. The zero-order chi connectivity index (χ0) is 7.56. The monoisotopic (exact) mass is 268 g/mol. The number of quaternary nitrogens is 1. The summed E-state index contributed by atoms with van der Waals surface area (Å²) in [7, 11) is 3.74. The maximum absolute atomic E-state index is 8.07. The van der Waals surface area contributed by atoms with Crippen molar-refractivity contribution in [2.75, 3.05) is 20.8 Å². The third-order valence-corrected chi connectivity index (χ3v) is 1.23. The van der Waals surface area contributed by atoms with Crippen LogP contribution in [0.4, 0.5) is 0 Å². The first-order valence-electron chi connectivity index (χ1n) is 2.91. The Balaban J connectivity index is 0.000001000. The summed E-state index contributed by atoms with van der Waals surface area (Å²) in [6.45, 7) is 0.758. The summed E-state index contributed by atoms with van der Waals surface area (Å²) >= 11 is 0. The SMILES string of the molecule is CN1C[NH+](C)N=C1N=[N+]=[N-].[I-]. The van der Waals surface area contributed by atoms with Crippen LogP contribution < -0.4 is 29.0 Å². The molecule has 0 saturated heterocycles. The molecule has 11 heavy (non-hydrogen) atoms. The minimum atomic E-state index is 0. The van der Waals surface area contributed by atoms with Gasteiger partial charge in [-0.25, -0.2) is 0 Å². The van der Waals surface area contributed by atoms with Crippen LogP contribution in [0.1, 0.15) is 0 Å². The Morgan fingerprint density at radius 3 is 2.82 bits per heavy atom. The first-order valence-corrected chi connectivity index (χ1v) is 2.91. The Kier molecular flexibility index (Phi) is 4.16. The van der Waals surface area contributed by atoms with E-state index in [4.69, 9.17) is 5.53 Å². The molecule has 0 amide bonds. The second-order valence-corrected chi connectivity index (χ2v) is 2.19. The molecule has 1 rings (SSSR count). The van der Waals surface area contributed by atoms with Crippen LogP contribution in [0.25, 0.3) is 10.4 Å². The van der Waals surface area contributed by atoms with Gasteiger partial charge in [-0.15, -0.1) is 0 Å². The Morgan fingerprint density at radius 1 is 1.82 bits per heavy atom. The van der Waals surface area contributed by atoms with Crippen molar-refractivity contribution >= 4 is 5.96 Å². The number of nitrogens with zero attached hydrogens (tertiary/aromatic N) is 5. The molecule has 0 aromatic rings. The summed E-state index contributed by atoms with van der Waals surface area (Å²) in [5.41, 5.74) is 8.07. The Bertz CT molecular complexity index is 207. The van der Waals surface area contributed by atoms with E-state index in [-0.39, 0.29) is 24.0 Å². The second-order valence-electron chi connectivity index (χ2n) is 2.19. The van der Waals surface area contributed by atoms with Crippen molar-refractivity contribution in [1.29, 1.82) is 0 Å². The first kappa shape index (κ1) is 10.5. The van der Waals surface area contributed by atoms with Gasteiger partial charge in [0.1, 0.15) is 0 Å². The molecule has 0 bridgehead atoms. The quantitative estimate of drug-likeness (QED) is 0.207. The van der Waals surface area contributed by atoms with Gasteiger partial charge in [0.05, 0.1) is 7.05 Å². The molecule has 0 aliphatic carbocycles. The van der Waals surface area contributed by atoms with E-state index in [2.05, 4.69) is 15.1 Å². The fourth-order valence-electron chi connectivity index (χ4n) is 0.844. The van der Waals surface area contributed by atoms with E-state index in [0.29, 0.717) is 5.96 Å². The molecule has 1 aliphatic heterocycles. The molecule has 1 heterocycles. The number of hydrogen-bond donors (Lipinski definition) is 1. The average molecular weight is 268 g/mol. The lowest BCUT2D eigenvalue weighted by molar-refractivity contribution is -0.887. The van der Waals surface area contributed by atoms with Crippen LogP contribution in [0.2, 0.25) is 0 Å². The predicted octanol–water partition coefficient (Wildman–Crippen LogP) is -4.01. The van der Waals surface area contributed by atoms with Gasteiger partial charge in [0.2, 0.25) is 0 Å². The summed E-state index contributed by atoms with van der Waals surface area (Å²) in [6, 6.07) is 0. The normalized spacial score (nSPS) is 21.8. The van der Waals surface area contributed by atoms with E-state index < -0.39 is 0 Å². The van der Waals surface area contributed by atoms with Crippen molar-refractivity contribution in [3.8, 4) is 0 Å². The van der Waals surface area contributed by atoms with E-state index in [1.807, 2.05) is 14.1 Å². The minimum absolute atomic E-state index is 0. The van der Waals surface area contributed by atoms with Crippen LogP contribution in [0.15, 0.2) is 10.2 Å². The van der Waals surface area contributed by atoms with Gasteiger partial charge in [-0.3, -0.25) is 0 Å². The third-order valence-electron chi connectivity index (χ3n) is 1.23. The van der Waals surface area contributed by atoms with Crippen LogP contribution in [0.5, 0.6) is 0 Å². The third kappa shape index (κ3) is 2.52. The van der Waals surface area contributed by atoms with E-state index >= 15 is 0 Å². The molecule has 0 spiro atoms. The molecular weight excluding hydrogens is 259 g/mol. The van der Waals surface area contributed by atoms with Gasteiger partial charge in [-0.2, -0.15) is 5.01 Å². The zero-order valence-electron chi connectivity index (χ0n) is 6.32. The summed E-state index contributed by atoms with van der Waals surface area (Å²) in [4.78, 5) is 4.44. The summed E-state index contributed by atoms with van der Waals surface area (Å²) in [5.74, 6) is 0.458. The summed E-state index contributed by atoms with van der Waals surface area (Å²) < 4.78 is 0. The van der Waals surface area contributed by atoms with Gasteiger partial charge in [0.25, 0.3) is 5.96 Å². The molecule has 0 aromatic heterocycles. The van der Waals surface area contributed by atoms with E-state index in [1.54, 1.807) is 4.90 Å². The van der Waals surface area contributed by atoms with Crippen LogP contribution in [-0.2, 0) is 0 Å². The maximum atomic E-state index is 8.07. The Morgan fingerprint density at radius 2 is 2.45 bits per heavy atom. The highest BCUT2D eigenvalue weighted by Crippen LogP contribution is 1.89. The van der Waals surface area contributed by atoms with Crippen molar-refractivity contribution < 1.29 is 29.0 Å². The highest BCUT2D eigenvalue weighted by atomic mass is 127. The van der Waals surface area contributed by atoms with Crippen LogP contribution in [-0.4, -0.2) is 31.6 Å². The number of hydrogen-bond acceptors (Lipinski definition) is 3. The largest absolute Gasteiger partial charge is 1.00 e. The molecule has 62 valence electrons. The molecule has 0 radical (unpaired) electrons. The Labute approximate surface area is 81.5 Å². The molecule has 1 aliphatic rings. The van der Waals surface area contributed by atoms with Gasteiger partial charge in [0, 0.05) is 12.0 Å². The lowest BCUT2D eigenvalue weighted by Gasteiger charge is -2.04. The highest BCUT2D eigenvalue weighted by Gasteiger charge is 2.18. The van der Waals surface area contributed by atoms with Gasteiger partial charge in [0.15, 0.2) is 6.67 Å². The predicted molar refractivity (Wildman–Crippen MR) is 36.1 cm³/mol. The van der Waals surface area contributed by atoms with Crippen LogP contribution in [0.3, 0.4) is 0 Å². The summed E-state index contributed by atoms with van der Waals surface area (Å²) in [6.07, 6.45) is 0. The maximum Gasteiger partial charge on any atom is 0.252 e. The van der Waals surface area contributed by atoms with Crippen LogP contribution in [0, 0.1) is 0 Å². The van der Waals surface area contributed by atoms with Crippen molar-refractivity contribution in [3.63, 3.8) is 0 Å². The number of azide groups is 1. The molecule has 6 nitrogen and oxygen atoms in total. The lowest BCUT2D eigenvalue weighted by atomic mass is 10.8. The Hall–Kier alpha value is -0.530. The average Bonchev–Trinajstić information content (AvgIpc) is 2.13. The van der Waals surface area contributed by atoms with Crippen LogP contribution >= 0.6 is 0 Å². The number of guanidine groups is 1. The van der Waals surface area contributed by atoms with E-state index in [0.717, 1.165) is 11.7 Å². The van der Waals surface area contributed by atoms with Crippen molar-refractivity contribution in [1.82, 2.24) is 4.90 Å². The van der Waals surface area contributed by atoms with E-state index in [9.17, 15) is 0 Å². The molecule has 7 heteroatoms. The molecule has 0 saturated carbocycles. The smallest absolute Gasteiger partial charge is 0.252 e. The number of halogens is 1. The zero-order valence-corrected chi connectivity index (χ0v) is 8.48. The molecule has 1 unspecified atom stereocenters. The van der Waals surface area contributed by atoms with Gasteiger partial charge >= 0.3 is 0 Å². The molecule has 1 N–H and O–H groups in total. The number of rotatable bonds is 0. The first-order chi connectivity index (χ1) is 4.74.